The molecule has 0 saturated heterocycles. The lowest BCUT2D eigenvalue weighted by atomic mass is 10.0. The lowest BCUT2D eigenvalue weighted by molar-refractivity contribution is -0.115. The van der Waals surface area contributed by atoms with Crippen LogP contribution in [0.5, 0.6) is 0 Å². The maximum Gasteiger partial charge on any atom is 0.240 e. The van der Waals surface area contributed by atoms with E-state index in [1.807, 2.05) is 0 Å². The van der Waals surface area contributed by atoms with E-state index in [1.54, 1.807) is 18.4 Å². The van der Waals surface area contributed by atoms with Crippen LogP contribution < -0.4 is 10.6 Å². The molecular formula is C12H20ClN3OS. The van der Waals surface area contributed by atoms with Crippen molar-refractivity contribution >= 4 is 34.8 Å². The van der Waals surface area contributed by atoms with Gasteiger partial charge in [-0.15, -0.1) is 23.7 Å². The van der Waals surface area contributed by atoms with Gasteiger partial charge in [-0.3, -0.25) is 4.79 Å². The van der Waals surface area contributed by atoms with Gasteiger partial charge < -0.3 is 10.6 Å². The van der Waals surface area contributed by atoms with Crippen molar-refractivity contribution in [2.45, 2.75) is 38.5 Å². The molecule has 18 heavy (non-hydrogen) atoms. The number of amides is 1. The number of halogens is 1. The Morgan fingerprint density at radius 3 is 2.72 bits per heavy atom. The number of aryl methyl sites for hydroxylation is 2. The van der Waals surface area contributed by atoms with Crippen LogP contribution in [-0.2, 0) is 17.6 Å². The fourth-order valence-corrected chi connectivity index (χ4v) is 3.15. The SMILES string of the molecule is CNCC(=O)Nc1nc2c(s1)CCCCCC2.Cl. The molecule has 1 aliphatic carbocycles. The summed E-state index contributed by atoms with van der Waals surface area (Å²) in [5.41, 5.74) is 1.20. The van der Waals surface area contributed by atoms with Gasteiger partial charge in [0.05, 0.1) is 12.2 Å². The van der Waals surface area contributed by atoms with Crippen LogP contribution in [-0.4, -0.2) is 24.5 Å². The third-order valence-electron chi connectivity index (χ3n) is 2.93. The van der Waals surface area contributed by atoms with Crippen molar-refractivity contribution in [2.24, 2.45) is 0 Å². The van der Waals surface area contributed by atoms with Crippen molar-refractivity contribution in [2.75, 3.05) is 18.9 Å². The smallest absolute Gasteiger partial charge is 0.240 e. The van der Waals surface area contributed by atoms with Gasteiger partial charge in [0, 0.05) is 4.88 Å². The van der Waals surface area contributed by atoms with E-state index in [9.17, 15) is 4.79 Å². The van der Waals surface area contributed by atoms with Crippen LogP contribution in [0.1, 0.15) is 36.3 Å². The molecule has 1 amide bonds. The van der Waals surface area contributed by atoms with E-state index in [1.165, 1.54) is 36.3 Å². The average molecular weight is 290 g/mol. The average Bonchev–Trinajstić information content (AvgIpc) is 2.60. The molecule has 4 nitrogen and oxygen atoms in total. The van der Waals surface area contributed by atoms with E-state index >= 15 is 0 Å². The molecule has 0 saturated carbocycles. The molecule has 0 radical (unpaired) electrons. The summed E-state index contributed by atoms with van der Waals surface area (Å²) in [6.07, 6.45) is 7.28. The van der Waals surface area contributed by atoms with Crippen LogP contribution >= 0.6 is 23.7 Å². The van der Waals surface area contributed by atoms with Crippen LogP contribution in [0, 0.1) is 0 Å². The Balaban J connectivity index is 0.00000162. The van der Waals surface area contributed by atoms with Crippen molar-refractivity contribution in [3.05, 3.63) is 10.6 Å². The van der Waals surface area contributed by atoms with Gasteiger partial charge in [0.2, 0.25) is 5.91 Å². The number of likely N-dealkylation sites (N-methyl/N-ethyl adjacent to an activating group) is 1. The van der Waals surface area contributed by atoms with Crippen LogP contribution in [0.2, 0.25) is 0 Å². The summed E-state index contributed by atoms with van der Waals surface area (Å²) >= 11 is 1.64. The molecule has 2 rings (SSSR count). The van der Waals surface area contributed by atoms with Crippen LogP contribution in [0.3, 0.4) is 0 Å². The molecule has 102 valence electrons. The number of hydrogen-bond donors (Lipinski definition) is 2. The zero-order valence-corrected chi connectivity index (χ0v) is 12.3. The number of carbonyl (C=O) groups excluding carboxylic acids is 1. The first kappa shape index (κ1) is 15.4. The third-order valence-corrected chi connectivity index (χ3v) is 4.00. The largest absolute Gasteiger partial charge is 0.311 e. The highest BCUT2D eigenvalue weighted by atomic mass is 35.5. The van der Waals surface area contributed by atoms with Gasteiger partial charge in [-0.2, -0.15) is 0 Å². The lowest BCUT2D eigenvalue weighted by Crippen LogP contribution is -2.24. The fraction of sp³-hybridized carbons (Fsp3) is 0.667. The number of anilines is 1. The summed E-state index contributed by atoms with van der Waals surface area (Å²) in [5.74, 6) is -0.0192. The number of carbonyl (C=O) groups is 1. The minimum atomic E-state index is -0.0192. The normalized spacial score (nSPS) is 14.9. The van der Waals surface area contributed by atoms with Gasteiger partial charge in [0.15, 0.2) is 5.13 Å². The molecule has 1 aromatic heterocycles. The highest BCUT2D eigenvalue weighted by Crippen LogP contribution is 2.28. The second kappa shape index (κ2) is 7.71. The number of nitrogens with zero attached hydrogens (tertiary/aromatic N) is 1. The molecular weight excluding hydrogens is 270 g/mol. The minimum absolute atomic E-state index is 0. The molecule has 1 aliphatic rings. The summed E-state index contributed by atoms with van der Waals surface area (Å²) in [6, 6.07) is 0. The van der Waals surface area contributed by atoms with Gasteiger partial charge in [0.25, 0.3) is 0 Å². The summed E-state index contributed by atoms with van der Waals surface area (Å²) < 4.78 is 0. The van der Waals surface area contributed by atoms with Gasteiger partial charge >= 0.3 is 0 Å². The second-order valence-corrected chi connectivity index (χ2v) is 5.47. The maximum atomic E-state index is 11.5. The summed E-state index contributed by atoms with van der Waals surface area (Å²) in [7, 11) is 1.76. The topological polar surface area (TPSA) is 54.0 Å². The number of nitrogens with one attached hydrogen (secondary N) is 2. The van der Waals surface area contributed by atoms with Crippen molar-refractivity contribution < 1.29 is 4.79 Å². The first-order valence-electron chi connectivity index (χ1n) is 6.22. The van der Waals surface area contributed by atoms with E-state index < -0.39 is 0 Å². The third kappa shape index (κ3) is 4.23. The molecule has 0 atom stereocenters. The number of rotatable bonds is 3. The molecule has 0 spiro atoms. The number of thiazole rings is 1. The summed E-state index contributed by atoms with van der Waals surface area (Å²) in [5, 5.41) is 6.44. The van der Waals surface area contributed by atoms with Gasteiger partial charge in [-0.25, -0.2) is 4.98 Å². The molecule has 0 aromatic carbocycles. The van der Waals surface area contributed by atoms with Crippen LogP contribution in [0.25, 0.3) is 0 Å². The van der Waals surface area contributed by atoms with Gasteiger partial charge in [-0.05, 0) is 32.7 Å². The maximum absolute atomic E-state index is 11.5. The summed E-state index contributed by atoms with van der Waals surface area (Å²) in [6.45, 7) is 0.338. The second-order valence-electron chi connectivity index (χ2n) is 4.38. The highest BCUT2D eigenvalue weighted by Gasteiger charge is 2.14. The van der Waals surface area contributed by atoms with E-state index in [4.69, 9.17) is 0 Å². The summed E-state index contributed by atoms with van der Waals surface area (Å²) in [4.78, 5) is 17.4. The van der Waals surface area contributed by atoms with E-state index in [-0.39, 0.29) is 18.3 Å². The highest BCUT2D eigenvalue weighted by molar-refractivity contribution is 7.15. The fourth-order valence-electron chi connectivity index (χ4n) is 2.08. The van der Waals surface area contributed by atoms with Crippen molar-refractivity contribution in [1.82, 2.24) is 10.3 Å². The van der Waals surface area contributed by atoms with E-state index in [0.717, 1.165) is 18.0 Å². The first-order valence-corrected chi connectivity index (χ1v) is 7.04. The Morgan fingerprint density at radius 2 is 2.00 bits per heavy atom. The molecule has 1 aromatic rings. The number of aromatic nitrogens is 1. The predicted octanol–water partition coefficient (Wildman–Crippen LogP) is 2.38. The van der Waals surface area contributed by atoms with Crippen molar-refractivity contribution in [1.29, 1.82) is 0 Å². The molecule has 2 N–H and O–H groups in total. The minimum Gasteiger partial charge on any atom is -0.311 e. The Hall–Kier alpha value is -0.650. The molecule has 1 heterocycles. The number of fused-ring (bicyclic) bond motifs is 1. The van der Waals surface area contributed by atoms with Gasteiger partial charge in [0.1, 0.15) is 0 Å². The predicted molar refractivity (Wildman–Crippen MR) is 77.8 cm³/mol. The van der Waals surface area contributed by atoms with Crippen molar-refractivity contribution in [3.63, 3.8) is 0 Å². The standard InChI is InChI=1S/C12H19N3OS.ClH/c1-13-8-11(16)15-12-14-9-6-4-2-3-5-7-10(9)17-12;/h13H,2-8H2,1H3,(H,14,15,16);1H. The quantitative estimate of drug-likeness (QED) is 0.898. The molecule has 0 fully saturated rings. The molecule has 0 bridgehead atoms. The molecule has 0 unspecified atom stereocenters. The molecule has 6 heteroatoms. The van der Waals surface area contributed by atoms with E-state index in [2.05, 4.69) is 15.6 Å². The van der Waals surface area contributed by atoms with E-state index in [0.29, 0.717) is 6.54 Å². The van der Waals surface area contributed by atoms with Crippen LogP contribution in [0.4, 0.5) is 5.13 Å². The number of hydrogen-bond acceptors (Lipinski definition) is 4. The Morgan fingerprint density at radius 1 is 1.28 bits per heavy atom. The molecule has 0 aliphatic heterocycles. The van der Waals surface area contributed by atoms with Gasteiger partial charge in [-0.1, -0.05) is 12.8 Å². The zero-order valence-electron chi connectivity index (χ0n) is 10.6. The van der Waals surface area contributed by atoms with Crippen LogP contribution in [0.15, 0.2) is 0 Å². The Labute approximate surface area is 118 Å². The lowest BCUT2D eigenvalue weighted by Gasteiger charge is -2.06. The zero-order chi connectivity index (χ0) is 12.1. The van der Waals surface area contributed by atoms with Crippen molar-refractivity contribution in [3.8, 4) is 0 Å². The Kier molecular flexibility index (Phi) is 6.60. The first-order chi connectivity index (χ1) is 8.29. The monoisotopic (exact) mass is 289 g/mol. The Bertz CT molecular complexity index is 369.